The van der Waals surface area contributed by atoms with E-state index in [2.05, 4.69) is 0 Å². The molecule has 0 bridgehead atoms. The standard InChI is InChI=1S/C12H24N2O2/c1-9(4-3-5-10(2)13)12(16)14-7-6-11(15)8-14/h9-11,15H,3-8,13H2,1-2H3/t9?,10?,11-/m0/s1. The van der Waals surface area contributed by atoms with Gasteiger partial charge in [0.2, 0.25) is 5.91 Å². The number of carbonyl (C=O) groups is 1. The Hall–Kier alpha value is -0.610. The number of hydrogen-bond acceptors (Lipinski definition) is 3. The molecule has 4 nitrogen and oxygen atoms in total. The van der Waals surface area contributed by atoms with Crippen molar-refractivity contribution in [3.8, 4) is 0 Å². The topological polar surface area (TPSA) is 66.6 Å². The van der Waals surface area contributed by atoms with Crippen LogP contribution in [0.2, 0.25) is 0 Å². The maximum absolute atomic E-state index is 12.0. The van der Waals surface area contributed by atoms with Crippen LogP contribution in [-0.4, -0.2) is 41.1 Å². The second-order valence-electron chi connectivity index (χ2n) is 5.04. The molecule has 4 heteroatoms. The monoisotopic (exact) mass is 228 g/mol. The molecule has 1 fully saturated rings. The fourth-order valence-corrected chi connectivity index (χ4v) is 2.12. The Labute approximate surface area is 97.8 Å². The maximum atomic E-state index is 12.0. The minimum atomic E-state index is -0.319. The van der Waals surface area contributed by atoms with Crippen LogP contribution < -0.4 is 5.73 Å². The van der Waals surface area contributed by atoms with Gasteiger partial charge >= 0.3 is 0 Å². The van der Waals surface area contributed by atoms with Gasteiger partial charge in [0.1, 0.15) is 0 Å². The Morgan fingerprint density at radius 1 is 1.50 bits per heavy atom. The van der Waals surface area contributed by atoms with E-state index in [9.17, 15) is 9.90 Å². The molecule has 2 unspecified atom stereocenters. The summed E-state index contributed by atoms with van der Waals surface area (Å²) in [5.41, 5.74) is 5.67. The summed E-state index contributed by atoms with van der Waals surface area (Å²) < 4.78 is 0. The highest BCUT2D eigenvalue weighted by atomic mass is 16.3. The summed E-state index contributed by atoms with van der Waals surface area (Å²) in [7, 11) is 0. The first-order chi connectivity index (χ1) is 7.50. The van der Waals surface area contributed by atoms with E-state index in [-0.39, 0.29) is 24.0 Å². The molecule has 1 heterocycles. The molecule has 0 aromatic heterocycles. The number of aliphatic hydroxyl groups excluding tert-OH is 1. The van der Waals surface area contributed by atoms with E-state index in [0.29, 0.717) is 13.1 Å². The Morgan fingerprint density at radius 2 is 2.19 bits per heavy atom. The van der Waals surface area contributed by atoms with E-state index in [1.165, 1.54) is 0 Å². The first-order valence-corrected chi connectivity index (χ1v) is 6.23. The zero-order chi connectivity index (χ0) is 12.1. The summed E-state index contributed by atoms with van der Waals surface area (Å²) in [6, 6.07) is 0.218. The largest absolute Gasteiger partial charge is 0.391 e. The number of amides is 1. The van der Waals surface area contributed by atoms with Gasteiger partial charge in [-0.2, -0.15) is 0 Å². The lowest BCUT2D eigenvalue weighted by Gasteiger charge is -2.20. The molecule has 1 rings (SSSR count). The number of nitrogens with two attached hydrogens (primary N) is 1. The predicted molar refractivity (Wildman–Crippen MR) is 63.9 cm³/mol. The van der Waals surface area contributed by atoms with Crippen LogP contribution in [-0.2, 0) is 4.79 Å². The van der Waals surface area contributed by atoms with Crippen molar-refractivity contribution in [3.63, 3.8) is 0 Å². The Balaban J connectivity index is 2.25. The van der Waals surface area contributed by atoms with Gasteiger partial charge in [0.25, 0.3) is 0 Å². The molecule has 1 aliphatic heterocycles. The van der Waals surface area contributed by atoms with Gasteiger partial charge in [-0.25, -0.2) is 0 Å². The van der Waals surface area contributed by atoms with Crippen molar-refractivity contribution in [3.05, 3.63) is 0 Å². The molecule has 0 aromatic carbocycles. The van der Waals surface area contributed by atoms with Gasteiger partial charge in [0.15, 0.2) is 0 Å². The molecular formula is C12H24N2O2. The van der Waals surface area contributed by atoms with Crippen molar-refractivity contribution in [1.29, 1.82) is 0 Å². The number of rotatable bonds is 5. The summed E-state index contributed by atoms with van der Waals surface area (Å²) in [5, 5.41) is 9.37. The third-order valence-corrected chi connectivity index (χ3v) is 3.19. The van der Waals surface area contributed by atoms with E-state index in [4.69, 9.17) is 5.73 Å². The Morgan fingerprint density at radius 3 is 2.69 bits per heavy atom. The van der Waals surface area contributed by atoms with Gasteiger partial charge in [0.05, 0.1) is 6.10 Å². The van der Waals surface area contributed by atoms with Crippen molar-refractivity contribution >= 4 is 5.91 Å². The third-order valence-electron chi connectivity index (χ3n) is 3.19. The smallest absolute Gasteiger partial charge is 0.225 e. The number of likely N-dealkylation sites (tertiary alicyclic amines) is 1. The van der Waals surface area contributed by atoms with Crippen LogP contribution in [0.5, 0.6) is 0 Å². The van der Waals surface area contributed by atoms with E-state index in [0.717, 1.165) is 25.7 Å². The van der Waals surface area contributed by atoms with Crippen LogP contribution in [0.1, 0.15) is 39.5 Å². The summed E-state index contributed by atoms with van der Waals surface area (Å²) >= 11 is 0. The fraction of sp³-hybridized carbons (Fsp3) is 0.917. The highest BCUT2D eigenvalue weighted by molar-refractivity contribution is 5.78. The number of hydrogen-bond donors (Lipinski definition) is 2. The molecule has 0 aromatic rings. The second kappa shape index (κ2) is 6.21. The first-order valence-electron chi connectivity index (χ1n) is 6.23. The van der Waals surface area contributed by atoms with Crippen molar-refractivity contribution in [2.45, 2.75) is 51.7 Å². The van der Waals surface area contributed by atoms with Gasteiger partial charge in [0, 0.05) is 25.0 Å². The quantitative estimate of drug-likeness (QED) is 0.729. The van der Waals surface area contributed by atoms with Crippen LogP contribution in [0.15, 0.2) is 0 Å². The molecule has 94 valence electrons. The van der Waals surface area contributed by atoms with Crippen LogP contribution in [0.3, 0.4) is 0 Å². The summed E-state index contributed by atoms with van der Waals surface area (Å²) in [6.07, 6.45) is 3.27. The van der Waals surface area contributed by atoms with E-state index < -0.39 is 0 Å². The molecule has 0 saturated carbocycles. The highest BCUT2D eigenvalue weighted by Gasteiger charge is 2.27. The van der Waals surface area contributed by atoms with Crippen LogP contribution in [0.25, 0.3) is 0 Å². The normalized spacial score (nSPS) is 24.5. The van der Waals surface area contributed by atoms with Gasteiger partial charge in [-0.1, -0.05) is 13.3 Å². The fourth-order valence-electron chi connectivity index (χ4n) is 2.12. The van der Waals surface area contributed by atoms with Gasteiger partial charge < -0.3 is 15.7 Å². The van der Waals surface area contributed by atoms with Gasteiger partial charge in [-0.15, -0.1) is 0 Å². The van der Waals surface area contributed by atoms with Crippen molar-refractivity contribution in [1.82, 2.24) is 4.90 Å². The average Bonchev–Trinajstić information content (AvgIpc) is 2.63. The van der Waals surface area contributed by atoms with Gasteiger partial charge in [-0.3, -0.25) is 4.79 Å². The molecule has 3 N–H and O–H groups in total. The number of aliphatic hydroxyl groups is 1. The molecular weight excluding hydrogens is 204 g/mol. The van der Waals surface area contributed by atoms with Gasteiger partial charge in [-0.05, 0) is 26.2 Å². The molecule has 16 heavy (non-hydrogen) atoms. The molecule has 1 saturated heterocycles. The SMILES string of the molecule is CC(N)CCCC(C)C(=O)N1CC[C@H](O)C1. The van der Waals surface area contributed by atoms with Crippen molar-refractivity contribution in [2.75, 3.05) is 13.1 Å². The van der Waals surface area contributed by atoms with E-state index in [1.807, 2.05) is 13.8 Å². The van der Waals surface area contributed by atoms with Crippen molar-refractivity contribution in [2.24, 2.45) is 11.7 Å². The predicted octanol–water partition coefficient (Wildman–Crippen LogP) is 0.733. The molecule has 1 amide bonds. The summed E-state index contributed by atoms with van der Waals surface area (Å²) in [6.45, 7) is 5.17. The van der Waals surface area contributed by atoms with Crippen LogP contribution >= 0.6 is 0 Å². The lowest BCUT2D eigenvalue weighted by molar-refractivity contribution is -0.134. The van der Waals surface area contributed by atoms with Crippen LogP contribution in [0, 0.1) is 5.92 Å². The molecule has 1 aliphatic rings. The Bertz CT molecular complexity index is 231. The first kappa shape index (κ1) is 13.5. The number of β-amino-alcohol motifs (C(OH)–C–C–N with tert-alkyl or cyclic N) is 1. The minimum absolute atomic E-state index is 0.0593. The number of nitrogens with zero attached hydrogens (tertiary/aromatic N) is 1. The minimum Gasteiger partial charge on any atom is -0.391 e. The second-order valence-corrected chi connectivity index (χ2v) is 5.04. The lowest BCUT2D eigenvalue weighted by atomic mass is 10.0. The summed E-state index contributed by atoms with van der Waals surface area (Å²) in [5.74, 6) is 0.241. The lowest BCUT2D eigenvalue weighted by Crippen LogP contribution is -2.34. The van der Waals surface area contributed by atoms with Crippen LogP contribution in [0.4, 0.5) is 0 Å². The average molecular weight is 228 g/mol. The Kier molecular flexibility index (Phi) is 5.22. The molecule has 0 aliphatic carbocycles. The molecule has 0 radical (unpaired) electrons. The zero-order valence-corrected chi connectivity index (χ0v) is 10.4. The number of carbonyl (C=O) groups excluding carboxylic acids is 1. The highest BCUT2D eigenvalue weighted by Crippen LogP contribution is 2.16. The van der Waals surface area contributed by atoms with E-state index in [1.54, 1.807) is 4.90 Å². The zero-order valence-electron chi connectivity index (χ0n) is 10.4. The maximum Gasteiger partial charge on any atom is 0.225 e. The van der Waals surface area contributed by atoms with E-state index >= 15 is 0 Å². The van der Waals surface area contributed by atoms with Crippen molar-refractivity contribution < 1.29 is 9.90 Å². The molecule has 3 atom stereocenters. The third kappa shape index (κ3) is 4.10. The molecule has 0 spiro atoms. The summed E-state index contributed by atoms with van der Waals surface area (Å²) in [4.78, 5) is 13.7.